The van der Waals surface area contributed by atoms with Gasteiger partial charge in [-0.3, -0.25) is 5.32 Å². The fourth-order valence-corrected chi connectivity index (χ4v) is 2.60. The van der Waals surface area contributed by atoms with Gasteiger partial charge in [0, 0.05) is 6.54 Å². The van der Waals surface area contributed by atoms with Crippen molar-refractivity contribution < 1.29 is 4.74 Å². The maximum Gasteiger partial charge on any atom is 0.203 e. The van der Waals surface area contributed by atoms with Crippen LogP contribution in [0.5, 0.6) is 0 Å². The van der Waals surface area contributed by atoms with E-state index in [2.05, 4.69) is 20.7 Å². The second kappa shape index (κ2) is 4.99. The highest BCUT2D eigenvalue weighted by Gasteiger charge is 2.54. The molecule has 2 rings (SSSR count). The first-order valence-electron chi connectivity index (χ1n) is 5.24. The zero-order valence-corrected chi connectivity index (χ0v) is 10.6. The molecule has 0 aromatic carbocycles. The molecule has 1 aromatic heterocycles. The largest absolute Gasteiger partial charge is 0.363 e. The quantitative estimate of drug-likeness (QED) is 0.605. The van der Waals surface area contributed by atoms with Gasteiger partial charge in [-0.1, -0.05) is 23.2 Å². The molecule has 2 heterocycles. The third-order valence-electron chi connectivity index (χ3n) is 2.72. The molecule has 94 valence electrons. The Labute approximate surface area is 109 Å². The second-order valence-electron chi connectivity index (χ2n) is 3.72. The number of alkyl halides is 2. The third-order valence-corrected chi connectivity index (χ3v) is 3.60. The van der Waals surface area contributed by atoms with Crippen LogP contribution in [0.4, 0.5) is 0 Å². The minimum atomic E-state index is -1.29. The number of aromatic nitrogens is 3. The molecule has 1 aromatic rings. The molecule has 0 aliphatic carbocycles. The molecule has 1 aliphatic heterocycles. The number of halogens is 2. The smallest absolute Gasteiger partial charge is 0.203 e. The number of nitrogens with one attached hydrogen (secondary N) is 1. The molecular weight excluding hydrogens is 265 g/mol. The van der Waals surface area contributed by atoms with Crippen molar-refractivity contribution in [2.75, 3.05) is 19.7 Å². The van der Waals surface area contributed by atoms with Gasteiger partial charge in [0.1, 0.15) is 5.69 Å². The summed E-state index contributed by atoms with van der Waals surface area (Å²) < 4.78 is 4.48. The van der Waals surface area contributed by atoms with Gasteiger partial charge in [-0.25, -0.2) is 0 Å². The van der Waals surface area contributed by atoms with E-state index in [1.54, 1.807) is 6.07 Å². The number of ether oxygens (including phenoxy) is 1. The van der Waals surface area contributed by atoms with Gasteiger partial charge in [-0.05, 0) is 24.2 Å². The lowest BCUT2D eigenvalue weighted by Gasteiger charge is -2.45. The summed E-state index contributed by atoms with van der Waals surface area (Å²) in [6, 6.07) is 1.68. The Morgan fingerprint density at radius 2 is 2.35 bits per heavy atom. The first-order valence-corrected chi connectivity index (χ1v) is 6.00. The lowest BCUT2D eigenvalue weighted by Crippen LogP contribution is -2.61. The number of nitrogens with zero attached hydrogens (tertiary/aromatic N) is 3. The van der Waals surface area contributed by atoms with Crippen LogP contribution in [0.25, 0.3) is 0 Å². The summed E-state index contributed by atoms with van der Waals surface area (Å²) in [6.45, 7) is 1.41. The van der Waals surface area contributed by atoms with Crippen molar-refractivity contribution in [3.05, 3.63) is 18.0 Å². The normalized spacial score (nSPS) is 27.9. The molecule has 17 heavy (non-hydrogen) atoms. The van der Waals surface area contributed by atoms with Crippen molar-refractivity contribution in [1.82, 2.24) is 20.7 Å². The monoisotopic (exact) mass is 277 g/mol. The Morgan fingerprint density at radius 3 is 2.94 bits per heavy atom. The molecule has 1 atom stereocenters. The van der Waals surface area contributed by atoms with Gasteiger partial charge in [-0.2, -0.15) is 0 Å². The summed E-state index contributed by atoms with van der Waals surface area (Å²) in [5.74, 6) is 0. The Balaban J connectivity index is 2.44. The van der Waals surface area contributed by atoms with Crippen molar-refractivity contribution in [3.63, 3.8) is 0 Å². The van der Waals surface area contributed by atoms with Crippen LogP contribution in [0.3, 0.4) is 0 Å². The highest BCUT2D eigenvalue weighted by atomic mass is 35.5. The molecule has 0 saturated carbocycles. The second-order valence-corrected chi connectivity index (χ2v) is 5.05. The molecule has 1 fully saturated rings. The summed E-state index contributed by atoms with van der Waals surface area (Å²) >= 11 is 12.6. The van der Waals surface area contributed by atoms with E-state index in [0.29, 0.717) is 31.8 Å². The van der Waals surface area contributed by atoms with E-state index in [-0.39, 0.29) is 0 Å². The summed E-state index contributed by atoms with van der Waals surface area (Å²) in [7, 11) is 0. The highest BCUT2D eigenvalue weighted by Crippen LogP contribution is 2.45. The molecule has 0 spiro atoms. The van der Waals surface area contributed by atoms with Crippen LogP contribution in [0.2, 0.25) is 0 Å². The fraction of sp³-hybridized carbons (Fsp3) is 0.667. The molecule has 6 nitrogen and oxygen atoms in total. The SMILES string of the molecule is NCCC1(c2ccnnn2)OCCNC1(Cl)Cl. The third kappa shape index (κ3) is 2.23. The van der Waals surface area contributed by atoms with Gasteiger partial charge in [0.05, 0.1) is 12.8 Å². The average Bonchev–Trinajstić information content (AvgIpc) is 2.33. The van der Waals surface area contributed by atoms with Gasteiger partial charge in [-0.15, -0.1) is 10.2 Å². The van der Waals surface area contributed by atoms with E-state index in [1.165, 1.54) is 6.20 Å². The van der Waals surface area contributed by atoms with Crippen molar-refractivity contribution >= 4 is 23.2 Å². The molecule has 0 amide bonds. The fourth-order valence-electron chi connectivity index (χ4n) is 1.92. The van der Waals surface area contributed by atoms with Crippen LogP contribution in [-0.4, -0.2) is 39.6 Å². The summed E-state index contributed by atoms with van der Waals surface area (Å²) in [5.41, 5.74) is 5.14. The van der Waals surface area contributed by atoms with Gasteiger partial charge < -0.3 is 10.5 Å². The lowest BCUT2D eigenvalue weighted by molar-refractivity contribution is -0.102. The van der Waals surface area contributed by atoms with Crippen LogP contribution in [0, 0.1) is 0 Å². The number of nitrogens with two attached hydrogens (primary N) is 1. The van der Waals surface area contributed by atoms with E-state index in [9.17, 15) is 0 Å². The number of rotatable bonds is 3. The van der Waals surface area contributed by atoms with Gasteiger partial charge >= 0.3 is 0 Å². The number of morpholine rings is 1. The standard InChI is InChI=1S/C9H13Cl2N5O/c10-9(11)8(2-3-12,17-6-5-13-9)7-1-4-14-16-15-7/h1,4,13H,2-3,5-6,12H2. The van der Waals surface area contributed by atoms with Crippen molar-refractivity contribution in [2.24, 2.45) is 5.73 Å². The van der Waals surface area contributed by atoms with Gasteiger partial charge in [0.25, 0.3) is 0 Å². The van der Waals surface area contributed by atoms with Crippen LogP contribution in [0.15, 0.2) is 12.3 Å². The summed E-state index contributed by atoms with van der Waals surface area (Å²) in [5, 5.41) is 14.1. The molecular formula is C9H13Cl2N5O. The van der Waals surface area contributed by atoms with Crippen molar-refractivity contribution in [2.45, 2.75) is 16.5 Å². The van der Waals surface area contributed by atoms with Gasteiger partial charge in [0.2, 0.25) is 4.46 Å². The van der Waals surface area contributed by atoms with E-state index in [0.717, 1.165) is 0 Å². The predicted molar refractivity (Wildman–Crippen MR) is 63.6 cm³/mol. The van der Waals surface area contributed by atoms with E-state index >= 15 is 0 Å². The lowest BCUT2D eigenvalue weighted by atomic mass is 9.93. The number of hydrogen-bond acceptors (Lipinski definition) is 6. The van der Waals surface area contributed by atoms with Crippen molar-refractivity contribution in [1.29, 1.82) is 0 Å². The van der Waals surface area contributed by atoms with E-state index < -0.39 is 10.1 Å². The number of hydrogen-bond donors (Lipinski definition) is 2. The predicted octanol–water partition coefficient (Wildman–Crippen LogP) is 0.167. The van der Waals surface area contributed by atoms with Crippen LogP contribution < -0.4 is 11.1 Å². The Morgan fingerprint density at radius 1 is 1.53 bits per heavy atom. The zero-order chi connectivity index (χ0) is 12.4. The maximum absolute atomic E-state index is 6.29. The van der Waals surface area contributed by atoms with E-state index in [1.807, 2.05) is 0 Å². The minimum absolute atomic E-state index is 0.368. The summed E-state index contributed by atoms with van der Waals surface area (Å²) in [4.78, 5) is 0. The van der Waals surface area contributed by atoms with Gasteiger partial charge in [0.15, 0.2) is 5.60 Å². The molecule has 1 saturated heterocycles. The Kier molecular flexibility index (Phi) is 3.79. The molecule has 0 radical (unpaired) electrons. The molecule has 3 N–H and O–H groups in total. The Hall–Kier alpha value is -0.530. The van der Waals surface area contributed by atoms with Crippen LogP contribution in [-0.2, 0) is 10.3 Å². The van der Waals surface area contributed by atoms with Crippen LogP contribution >= 0.6 is 23.2 Å². The highest BCUT2D eigenvalue weighted by molar-refractivity contribution is 6.49. The maximum atomic E-state index is 6.29. The first kappa shape index (κ1) is 12.9. The molecule has 1 aliphatic rings. The van der Waals surface area contributed by atoms with Crippen molar-refractivity contribution in [3.8, 4) is 0 Å². The molecule has 0 bridgehead atoms. The Bertz CT molecular complexity index is 373. The first-order chi connectivity index (χ1) is 8.12. The summed E-state index contributed by atoms with van der Waals surface area (Å²) in [6.07, 6.45) is 1.95. The van der Waals surface area contributed by atoms with E-state index in [4.69, 9.17) is 33.7 Å². The topological polar surface area (TPSA) is 86.0 Å². The molecule has 1 unspecified atom stereocenters. The average molecular weight is 278 g/mol. The zero-order valence-electron chi connectivity index (χ0n) is 9.07. The molecule has 8 heteroatoms. The van der Waals surface area contributed by atoms with Crippen LogP contribution in [0.1, 0.15) is 12.1 Å². The minimum Gasteiger partial charge on any atom is -0.363 e.